The second kappa shape index (κ2) is 4.83. The van der Waals surface area contributed by atoms with Crippen molar-refractivity contribution in [3.8, 4) is 0 Å². The Kier molecular flexibility index (Phi) is 3.71. The van der Waals surface area contributed by atoms with Crippen LogP contribution in [-0.4, -0.2) is 19.0 Å². The van der Waals surface area contributed by atoms with Crippen molar-refractivity contribution in [2.24, 2.45) is 0 Å². The van der Waals surface area contributed by atoms with E-state index in [-0.39, 0.29) is 0 Å². The summed E-state index contributed by atoms with van der Waals surface area (Å²) in [6, 6.07) is 10.9. The van der Waals surface area contributed by atoms with E-state index in [0.29, 0.717) is 6.04 Å². The Hall–Kier alpha value is -1.08. The molecule has 0 aromatic heterocycles. The number of hydrogen-bond donors (Lipinski definition) is 0. The van der Waals surface area contributed by atoms with E-state index in [4.69, 9.17) is 0 Å². The molecule has 0 N–H and O–H groups in total. The molecule has 0 fully saturated rings. The molecule has 1 heteroatoms. The maximum absolute atomic E-state index is 2.20. The molecule has 1 aromatic carbocycles. The molecule has 13 heavy (non-hydrogen) atoms. The summed E-state index contributed by atoms with van der Waals surface area (Å²) in [5, 5.41) is 0. The van der Waals surface area contributed by atoms with E-state index in [0.717, 1.165) is 0 Å². The molecule has 1 nitrogen and oxygen atoms in total. The average molecular weight is 175 g/mol. The minimum Gasteiger partial charge on any atom is -0.299 e. The fourth-order valence-corrected chi connectivity index (χ4v) is 1.41. The Morgan fingerprint density at radius 3 is 2.23 bits per heavy atom. The largest absolute Gasteiger partial charge is 0.299 e. The molecule has 0 bridgehead atoms. The Labute approximate surface area is 80.7 Å². The summed E-state index contributed by atoms with van der Waals surface area (Å²) in [7, 11) is 4.19. The number of likely N-dealkylation sites (N-methyl/N-ethyl adjacent to an activating group) is 1. The Balaban J connectivity index is 2.89. The van der Waals surface area contributed by atoms with Gasteiger partial charge < -0.3 is 0 Å². The van der Waals surface area contributed by atoms with Gasteiger partial charge in [0, 0.05) is 0 Å². The highest BCUT2D eigenvalue weighted by molar-refractivity contribution is 5.22. The SMILES string of the molecule is CC=CC(c1ccccc1)N(C)C. The van der Waals surface area contributed by atoms with Crippen molar-refractivity contribution >= 4 is 0 Å². The van der Waals surface area contributed by atoms with Crippen LogP contribution >= 0.6 is 0 Å². The molecule has 1 rings (SSSR count). The van der Waals surface area contributed by atoms with Crippen LogP contribution in [0.3, 0.4) is 0 Å². The molecular weight excluding hydrogens is 158 g/mol. The maximum Gasteiger partial charge on any atom is 0.0526 e. The molecule has 0 saturated carbocycles. The molecule has 0 aliphatic carbocycles. The summed E-state index contributed by atoms with van der Waals surface area (Å²) in [5.74, 6) is 0. The van der Waals surface area contributed by atoms with Gasteiger partial charge in [0.15, 0.2) is 0 Å². The van der Waals surface area contributed by atoms with Crippen molar-refractivity contribution in [2.45, 2.75) is 13.0 Å². The quantitative estimate of drug-likeness (QED) is 0.638. The lowest BCUT2D eigenvalue weighted by Gasteiger charge is -2.21. The van der Waals surface area contributed by atoms with Crippen molar-refractivity contribution in [1.29, 1.82) is 0 Å². The van der Waals surface area contributed by atoms with E-state index < -0.39 is 0 Å². The number of allylic oxidation sites excluding steroid dienone is 1. The third kappa shape index (κ3) is 2.71. The first kappa shape index (κ1) is 10.0. The van der Waals surface area contributed by atoms with Gasteiger partial charge in [-0.1, -0.05) is 42.5 Å². The highest BCUT2D eigenvalue weighted by Crippen LogP contribution is 2.18. The Morgan fingerprint density at radius 2 is 1.77 bits per heavy atom. The van der Waals surface area contributed by atoms with Crippen LogP contribution in [0.25, 0.3) is 0 Å². The lowest BCUT2D eigenvalue weighted by Crippen LogP contribution is -2.17. The molecule has 1 atom stereocenters. The fourth-order valence-electron chi connectivity index (χ4n) is 1.41. The third-order valence-electron chi connectivity index (χ3n) is 2.07. The Bertz CT molecular complexity index is 262. The summed E-state index contributed by atoms with van der Waals surface area (Å²) in [5.41, 5.74) is 1.34. The van der Waals surface area contributed by atoms with Gasteiger partial charge in [-0.25, -0.2) is 0 Å². The van der Waals surface area contributed by atoms with Crippen LogP contribution in [0.4, 0.5) is 0 Å². The first-order valence-corrected chi connectivity index (χ1v) is 4.60. The van der Waals surface area contributed by atoms with Gasteiger partial charge in [-0.15, -0.1) is 0 Å². The number of nitrogens with zero attached hydrogens (tertiary/aromatic N) is 1. The molecule has 0 heterocycles. The first-order chi connectivity index (χ1) is 6.25. The van der Waals surface area contributed by atoms with Crippen molar-refractivity contribution in [2.75, 3.05) is 14.1 Å². The predicted octanol–water partition coefficient (Wildman–Crippen LogP) is 2.87. The molecule has 70 valence electrons. The normalized spacial score (nSPS) is 13.8. The van der Waals surface area contributed by atoms with E-state index in [1.54, 1.807) is 0 Å². The van der Waals surface area contributed by atoms with E-state index in [2.05, 4.69) is 62.3 Å². The van der Waals surface area contributed by atoms with E-state index in [9.17, 15) is 0 Å². The molecule has 0 aliphatic rings. The van der Waals surface area contributed by atoms with Crippen LogP contribution in [0.15, 0.2) is 42.5 Å². The van der Waals surface area contributed by atoms with Crippen LogP contribution < -0.4 is 0 Å². The van der Waals surface area contributed by atoms with Gasteiger partial charge in [0.2, 0.25) is 0 Å². The zero-order valence-corrected chi connectivity index (χ0v) is 8.57. The predicted molar refractivity (Wildman–Crippen MR) is 57.7 cm³/mol. The van der Waals surface area contributed by atoms with E-state index in [1.165, 1.54) is 5.56 Å². The van der Waals surface area contributed by atoms with Crippen LogP contribution in [0.5, 0.6) is 0 Å². The van der Waals surface area contributed by atoms with Gasteiger partial charge in [0.05, 0.1) is 6.04 Å². The molecule has 0 saturated heterocycles. The second-order valence-electron chi connectivity index (χ2n) is 3.34. The lowest BCUT2D eigenvalue weighted by atomic mass is 10.1. The summed E-state index contributed by atoms with van der Waals surface area (Å²) < 4.78 is 0. The van der Waals surface area contributed by atoms with Gasteiger partial charge in [0.25, 0.3) is 0 Å². The lowest BCUT2D eigenvalue weighted by molar-refractivity contribution is 0.351. The van der Waals surface area contributed by atoms with Gasteiger partial charge in [-0.05, 0) is 26.6 Å². The number of rotatable bonds is 3. The first-order valence-electron chi connectivity index (χ1n) is 4.60. The van der Waals surface area contributed by atoms with Crippen molar-refractivity contribution in [1.82, 2.24) is 4.90 Å². The highest BCUT2D eigenvalue weighted by Gasteiger charge is 2.08. The van der Waals surface area contributed by atoms with Crippen molar-refractivity contribution < 1.29 is 0 Å². The minimum atomic E-state index is 0.395. The monoisotopic (exact) mass is 175 g/mol. The van der Waals surface area contributed by atoms with Crippen molar-refractivity contribution in [3.63, 3.8) is 0 Å². The molecule has 1 aromatic rings. The zero-order chi connectivity index (χ0) is 9.68. The third-order valence-corrected chi connectivity index (χ3v) is 2.07. The van der Waals surface area contributed by atoms with Gasteiger partial charge in [-0.2, -0.15) is 0 Å². The van der Waals surface area contributed by atoms with E-state index in [1.807, 2.05) is 6.07 Å². The molecule has 0 amide bonds. The molecule has 0 spiro atoms. The van der Waals surface area contributed by atoms with E-state index >= 15 is 0 Å². The second-order valence-corrected chi connectivity index (χ2v) is 3.34. The van der Waals surface area contributed by atoms with Gasteiger partial charge in [0.1, 0.15) is 0 Å². The van der Waals surface area contributed by atoms with Gasteiger partial charge in [-0.3, -0.25) is 4.90 Å². The standard InChI is InChI=1S/C12H17N/c1-4-8-12(13(2)3)11-9-6-5-7-10-11/h4-10,12H,1-3H3. The molecular formula is C12H17N. The summed E-state index contributed by atoms with van der Waals surface area (Å²) in [6.45, 7) is 2.06. The molecule has 0 aliphatic heterocycles. The van der Waals surface area contributed by atoms with Crippen LogP contribution in [0.2, 0.25) is 0 Å². The Morgan fingerprint density at radius 1 is 1.15 bits per heavy atom. The summed E-state index contributed by atoms with van der Waals surface area (Å²) in [4.78, 5) is 2.20. The molecule has 0 radical (unpaired) electrons. The number of hydrogen-bond acceptors (Lipinski definition) is 1. The fraction of sp³-hybridized carbons (Fsp3) is 0.333. The smallest absolute Gasteiger partial charge is 0.0526 e. The summed E-state index contributed by atoms with van der Waals surface area (Å²) >= 11 is 0. The van der Waals surface area contributed by atoms with Crippen molar-refractivity contribution in [3.05, 3.63) is 48.0 Å². The van der Waals surface area contributed by atoms with Gasteiger partial charge >= 0.3 is 0 Å². The number of benzene rings is 1. The highest BCUT2D eigenvalue weighted by atomic mass is 15.1. The average Bonchev–Trinajstić information content (AvgIpc) is 2.15. The topological polar surface area (TPSA) is 3.24 Å². The van der Waals surface area contributed by atoms with Crippen LogP contribution in [0.1, 0.15) is 18.5 Å². The zero-order valence-electron chi connectivity index (χ0n) is 8.57. The van der Waals surface area contributed by atoms with Crippen LogP contribution in [-0.2, 0) is 0 Å². The summed E-state index contributed by atoms with van der Waals surface area (Å²) in [6.07, 6.45) is 4.30. The minimum absolute atomic E-state index is 0.395. The maximum atomic E-state index is 2.20. The molecule has 1 unspecified atom stereocenters. The van der Waals surface area contributed by atoms with Crippen LogP contribution in [0, 0.1) is 0 Å².